The van der Waals surface area contributed by atoms with Crippen molar-refractivity contribution in [3.05, 3.63) is 71.8 Å². The molecule has 0 spiro atoms. The van der Waals surface area contributed by atoms with Gasteiger partial charge in [-0.2, -0.15) is 0 Å². The molecule has 2 aromatic rings. The van der Waals surface area contributed by atoms with E-state index in [-0.39, 0.29) is 6.61 Å². The largest absolute Gasteiger partial charge is 0.372 e. The number of hydrogen-bond acceptors (Lipinski definition) is 4. The van der Waals surface area contributed by atoms with E-state index in [1.54, 1.807) is 0 Å². The third kappa shape index (κ3) is 6.42. The molecule has 0 aromatic heterocycles. The lowest BCUT2D eigenvalue weighted by molar-refractivity contribution is -0.115. The molecule has 0 aliphatic carbocycles. The Hall–Kier alpha value is -1.72. The number of unbranched alkanes of at least 4 members (excludes halogenated alkanes) is 1. The molecular formula is C23H29ClN2O2. The minimum absolute atomic E-state index is 0.0145. The number of carbonyl (C=O) groups is 1. The molecule has 3 rings (SSSR count). The van der Waals surface area contributed by atoms with Gasteiger partial charge in [0.15, 0.2) is 0 Å². The maximum absolute atomic E-state index is 10.6. The smallest absolute Gasteiger partial charge is 0.247 e. The van der Waals surface area contributed by atoms with Gasteiger partial charge in [0.25, 0.3) is 0 Å². The van der Waals surface area contributed by atoms with E-state index in [9.17, 15) is 4.79 Å². The van der Waals surface area contributed by atoms with E-state index in [0.29, 0.717) is 12.6 Å². The van der Waals surface area contributed by atoms with Crippen molar-refractivity contribution in [1.82, 2.24) is 9.80 Å². The Bertz CT molecular complexity index is 664. The lowest BCUT2D eigenvalue weighted by Gasteiger charge is -2.39. The summed E-state index contributed by atoms with van der Waals surface area (Å²) in [4.78, 5) is 15.8. The molecule has 4 nitrogen and oxygen atoms in total. The third-order valence-corrected chi connectivity index (χ3v) is 5.34. The number of nitrogens with zero attached hydrogens (tertiary/aromatic N) is 2. The summed E-state index contributed by atoms with van der Waals surface area (Å²) in [7, 11) is 0. The van der Waals surface area contributed by atoms with Gasteiger partial charge in [-0.05, 0) is 42.1 Å². The van der Waals surface area contributed by atoms with Gasteiger partial charge in [0.05, 0.1) is 6.04 Å². The molecule has 28 heavy (non-hydrogen) atoms. The van der Waals surface area contributed by atoms with Crippen LogP contribution >= 0.6 is 11.6 Å². The fourth-order valence-corrected chi connectivity index (χ4v) is 3.90. The minimum atomic E-state index is -0.428. The Morgan fingerprint density at radius 2 is 1.46 bits per heavy atom. The Labute approximate surface area is 173 Å². The van der Waals surface area contributed by atoms with Crippen molar-refractivity contribution in [2.24, 2.45) is 0 Å². The minimum Gasteiger partial charge on any atom is -0.372 e. The van der Waals surface area contributed by atoms with Crippen LogP contribution in [0.5, 0.6) is 0 Å². The zero-order chi connectivity index (χ0) is 19.6. The topological polar surface area (TPSA) is 32.8 Å². The Morgan fingerprint density at radius 1 is 0.893 bits per heavy atom. The highest BCUT2D eigenvalue weighted by molar-refractivity contribution is 6.63. The van der Waals surface area contributed by atoms with Crippen molar-refractivity contribution in [2.45, 2.75) is 18.9 Å². The van der Waals surface area contributed by atoms with Crippen LogP contribution < -0.4 is 0 Å². The van der Waals surface area contributed by atoms with Gasteiger partial charge >= 0.3 is 0 Å². The van der Waals surface area contributed by atoms with Crippen LogP contribution in [0, 0.1) is 0 Å². The number of benzene rings is 2. The summed E-state index contributed by atoms with van der Waals surface area (Å²) in [6.07, 6.45) is 2.04. The highest BCUT2D eigenvalue weighted by atomic mass is 35.5. The van der Waals surface area contributed by atoms with Crippen LogP contribution in [-0.2, 0) is 9.53 Å². The normalized spacial score (nSPS) is 15.8. The summed E-state index contributed by atoms with van der Waals surface area (Å²) in [6, 6.07) is 21.9. The zero-order valence-corrected chi connectivity index (χ0v) is 17.1. The number of ether oxygens (including phenoxy) is 1. The van der Waals surface area contributed by atoms with E-state index in [1.165, 1.54) is 11.1 Å². The van der Waals surface area contributed by atoms with Crippen molar-refractivity contribution in [2.75, 3.05) is 45.9 Å². The molecule has 1 aliphatic heterocycles. The summed E-state index contributed by atoms with van der Waals surface area (Å²) >= 11 is 5.26. The SMILES string of the molecule is O=C(Cl)COCCCCN1CCN(C(c2ccccc2)c2ccccc2)CC1. The molecule has 150 valence electrons. The predicted molar refractivity (Wildman–Crippen MR) is 114 cm³/mol. The predicted octanol–water partition coefficient (Wildman–Crippen LogP) is 3.96. The van der Waals surface area contributed by atoms with E-state index >= 15 is 0 Å². The van der Waals surface area contributed by atoms with Gasteiger partial charge < -0.3 is 9.64 Å². The van der Waals surface area contributed by atoms with Gasteiger partial charge in [-0.1, -0.05) is 60.7 Å². The maximum Gasteiger partial charge on any atom is 0.247 e. The van der Waals surface area contributed by atoms with E-state index in [1.807, 2.05) is 0 Å². The van der Waals surface area contributed by atoms with E-state index in [2.05, 4.69) is 70.5 Å². The molecule has 1 fully saturated rings. The second-order valence-corrected chi connectivity index (χ2v) is 7.64. The molecule has 0 unspecified atom stereocenters. The molecule has 1 saturated heterocycles. The lowest BCUT2D eigenvalue weighted by atomic mass is 9.96. The Balaban J connectivity index is 1.50. The van der Waals surface area contributed by atoms with Crippen LogP contribution in [0.25, 0.3) is 0 Å². The van der Waals surface area contributed by atoms with Crippen molar-refractivity contribution in [3.8, 4) is 0 Å². The third-order valence-electron chi connectivity index (χ3n) is 5.23. The highest BCUT2D eigenvalue weighted by Crippen LogP contribution is 2.29. The monoisotopic (exact) mass is 400 g/mol. The Morgan fingerprint density at radius 3 is 2.00 bits per heavy atom. The van der Waals surface area contributed by atoms with Gasteiger partial charge in [0, 0.05) is 32.8 Å². The summed E-state index contributed by atoms with van der Waals surface area (Å²) in [5.74, 6) is 0. The van der Waals surface area contributed by atoms with E-state index in [4.69, 9.17) is 16.3 Å². The van der Waals surface area contributed by atoms with E-state index in [0.717, 1.165) is 45.6 Å². The molecular weight excluding hydrogens is 372 g/mol. The second kappa shape index (κ2) is 11.3. The van der Waals surface area contributed by atoms with Crippen molar-refractivity contribution < 1.29 is 9.53 Å². The summed E-state index contributed by atoms with van der Waals surface area (Å²) in [5, 5.41) is -0.428. The standard InChI is InChI=1S/C23H29ClN2O2/c24-22(27)19-28-18-8-7-13-25-14-16-26(17-15-25)23(20-9-3-1-4-10-20)21-11-5-2-6-12-21/h1-6,9-12,23H,7-8,13-19H2. The first kappa shape index (κ1) is 21.0. The fraction of sp³-hybridized carbons (Fsp3) is 0.435. The maximum atomic E-state index is 10.6. The van der Waals surface area contributed by atoms with Gasteiger partial charge in [0.1, 0.15) is 6.61 Å². The van der Waals surface area contributed by atoms with Gasteiger partial charge in [0.2, 0.25) is 5.24 Å². The van der Waals surface area contributed by atoms with Gasteiger partial charge in [-0.25, -0.2) is 0 Å². The van der Waals surface area contributed by atoms with Crippen LogP contribution in [0.15, 0.2) is 60.7 Å². The molecule has 0 amide bonds. The number of halogens is 1. The van der Waals surface area contributed by atoms with Crippen molar-refractivity contribution >= 4 is 16.8 Å². The van der Waals surface area contributed by atoms with Crippen molar-refractivity contribution in [1.29, 1.82) is 0 Å². The number of hydrogen-bond donors (Lipinski definition) is 0. The Kier molecular flexibility index (Phi) is 8.49. The molecule has 0 radical (unpaired) electrons. The number of carbonyl (C=O) groups excluding carboxylic acids is 1. The van der Waals surface area contributed by atoms with Gasteiger partial charge in [-0.3, -0.25) is 9.69 Å². The van der Waals surface area contributed by atoms with Crippen LogP contribution in [0.2, 0.25) is 0 Å². The molecule has 1 heterocycles. The lowest BCUT2D eigenvalue weighted by Crippen LogP contribution is -2.48. The average Bonchev–Trinajstić information content (AvgIpc) is 2.73. The first-order valence-corrected chi connectivity index (χ1v) is 10.4. The molecule has 5 heteroatoms. The van der Waals surface area contributed by atoms with Crippen LogP contribution in [-0.4, -0.2) is 61.0 Å². The zero-order valence-electron chi connectivity index (χ0n) is 16.3. The van der Waals surface area contributed by atoms with Crippen LogP contribution in [0.4, 0.5) is 0 Å². The average molecular weight is 401 g/mol. The van der Waals surface area contributed by atoms with E-state index < -0.39 is 5.24 Å². The molecule has 1 aliphatic rings. The second-order valence-electron chi connectivity index (χ2n) is 7.22. The summed E-state index contributed by atoms with van der Waals surface area (Å²) in [6.45, 7) is 5.97. The number of piperazine rings is 1. The molecule has 0 saturated carbocycles. The van der Waals surface area contributed by atoms with Crippen LogP contribution in [0.3, 0.4) is 0 Å². The first-order valence-electron chi connectivity index (χ1n) is 10.1. The fourth-order valence-electron chi connectivity index (χ4n) is 3.82. The quantitative estimate of drug-likeness (QED) is 0.446. The van der Waals surface area contributed by atoms with Gasteiger partial charge in [-0.15, -0.1) is 0 Å². The molecule has 2 aromatic carbocycles. The summed E-state index contributed by atoms with van der Waals surface area (Å²) < 4.78 is 5.22. The molecule has 0 N–H and O–H groups in total. The molecule has 0 atom stereocenters. The highest BCUT2D eigenvalue weighted by Gasteiger charge is 2.25. The number of rotatable bonds is 10. The first-order chi connectivity index (χ1) is 13.7. The van der Waals surface area contributed by atoms with Crippen molar-refractivity contribution in [3.63, 3.8) is 0 Å². The van der Waals surface area contributed by atoms with Crippen LogP contribution in [0.1, 0.15) is 30.0 Å². The summed E-state index contributed by atoms with van der Waals surface area (Å²) in [5.41, 5.74) is 2.71. The molecule has 0 bridgehead atoms.